The van der Waals surface area contributed by atoms with E-state index in [0.717, 1.165) is 0 Å². The molecule has 1 amide bonds. The number of hydrogen-bond acceptors (Lipinski definition) is 4. The number of carbonyl (C=O) groups excluding carboxylic acids is 1. The van der Waals surface area contributed by atoms with Gasteiger partial charge in [0.15, 0.2) is 0 Å². The highest BCUT2D eigenvalue weighted by Crippen LogP contribution is 2.22. The number of benzene rings is 2. The lowest BCUT2D eigenvalue weighted by Crippen LogP contribution is -2.25. The number of nitrogens with zero attached hydrogens (tertiary/aromatic N) is 2. The fourth-order valence-corrected chi connectivity index (χ4v) is 2.45. The van der Waals surface area contributed by atoms with E-state index in [1.807, 2.05) is 6.07 Å². The maximum atomic E-state index is 12.5. The molecule has 3 aromatic rings. The third kappa shape index (κ3) is 3.64. The number of nitrogens with one attached hydrogen (secondary N) is 1. The molecular formula is C19H17N3O3. The van der Waals surface area contributed by atoms with Crippen molar-refractivity contribution < 1.29 is 9.90 Å². The van der Waals surface area contributed by atoms with Crippen molar-refractivity contribution >= 4 is 11.6 Å². The summed E-state index contributed by atoms with van der Waals surface area (Å²) in [6.45, 7) is 1.62. The van der Waals surface area contributed by atoms with Gasteiger partial charge in [-0.25, -0.2) is 0 Å². The van der Waals surface area contributed by atoms with Crippen molar-refractivity contribution in [2.45, 2.75) is 13.0 Å². The summed E-state index contributed by atoms with van der Waals surface area (Å²) < 4.78 is 1.18. The minimum atomic E-state index is -0.720. The lowest BCUT2D eigenvalue weighted by atomic mass is 10.1. The van der Waals surface area contributed by atoms with Crippen LogP contribution in [0.4, 0.5) is 5.69 Å². The summed E-state index contributed by atoms with van der Waals surface area (Å²) in [5, 5.41) is 16.7. The third-order valence-electron chi connectivity index (χ3n) is 3.69. The second-order valence-corrected chi connectivity index (χ2v) is 5.52. The Bertz CT molecular complexity index is 949. The molecule has 0 bridgehead atoms. The molecule has 0 saturated heterocycles. The van der Waals surface area contributed by atoms with Gasteiger partial charge in [-0.1, -0.05) is 36.4 Å². The Morgan fingerprint density at radius 1 is 1.04 bits per heavy atom. The molecule has 6 heteroatoms. The third-order valence-corrected chi connectivity index (χ3v) is 3.69. The first-order chi connectivity index (χ1) is 12.1. The van der Waals surface area contributed by atoms with Gasteiger partial charge in [0.2, 0.25) is 0 Å². The summed E-state index contributed by atoms with van der Waals surface area (Å²) in [4.78, 5) is 24.5. The van der Waals surface area contributed by atoms with E-state index in [1.54, 1.807) is 55.5 Å². The van der Waals surface area contributed by atoms with Gasteiger partial charge in [0.25, 0.3) is 11.5 Å². The number of aromatic nitrogens is 2. The molecule has 1 unspecified atom stereocenters. The first kappa shape index (κ1) is 16.6. The molecule has 1 aromatic heterocycles. The second-order valence-electron chi connectivity index (χ2n) is 5.52. The van der Waals surface area contributed by atoms with Crippen LogP contribution in [0.15, 0.2) is 71.5 Å². The number of rotatable bonds is 4. The Balaban J connectivity index is 1.93. The van der Waals surface area contributed by atoms with Crippen LogP contribution in [0.5, 0.6) is 0 Å². The molecule has 126 valence electrons. The zero-order valence-electron chi connectivity index (χ0n) is 13.6. The van der Waals surface area contributed by atoms with Gasteiger partial charge in [-0.2, -0.15) is 9.78 Å². The maximum Gasteiger partial charge on any atom is 0.276 e. The molecule has 1 atom stereocenters. The second kappa shape index (κ2) is 7.11. The van der Waals surface area contributed by atoms with E-state index in [2.05, 4.69) is 10.4 Å². The molecule has 3 rings (SSSR count). The van der Waals surface area contributed by atoms with Gasteiger partial charge in [-0.05, 0) is 31.2 Å². The molecule has 0 spiro atoms. The number of aliphatic hydroxyl groups is 1. The van der Waals surface area contributed by atoms with Crippen LogP contribution in [0.1, 0.15) is 29.1 Å². The van der Waals surface area contributed by atoms with Crippen LogP contribution in [0.25, 0.3) is 5.69 Å². The summed E-state index contributed by atoms with van der Waals surface area (Å²) in [6.07, 6.45) is -0.720. The zero-order valence-corrected chi connectivity index (χ0v) is 13.6. The molecule has 0 aliphatic carbocycles. The smallest absolute Gasteiger partial charge is 0.276 e. The molecular weight excluding hydrogens is 318 g/mol. The van der Waals surface area contributed by atoms with Gasteiger partial charge in [0.1, 0.15) is 5.69 Å². The van der Waals surface area contributed by atoms with Crippen molar-refractivity contribution in [2.24, 2.45) is 0 Å². The van der Waals surface area contributed by atoms with Crippen molar-refractivity contribution in [2.75, 3.05) is 5.32 Å². The van der Waals surface area contributed by atoms with Crippen molar-refractivity contribution in [1.82, 2.24) is 9.78 Å². The van der Waals surface area contributed by atoms with Gasteiger partial charge in [-0.15, -0.1) is 0 Å². The van der Waals surface area contributed by atoms with Crippen LogP contribution in [0, 0.1) is 0 Å². The average molecular weight is 335 g/mol. The van der Waals surface area contributed by atoms with E-state index in [9.17, 15) is 14.7 Å². The fraction of sp³-hybridized carbons (Fsp3) is 0.105. The van der Waals surface area contributed by atoms with Gasteiger partial charge < -0.3 is 10.4 Å². The molecule has 6 nitrogen and oxygen atoms in total. The van der Waals surface area contributed by atoms with Crippen molar-refractivity contribution in [3.8, 4) is 5.69 Å². The van der Waals surface area contributed by atoms with E-state index in [-0.39, 0.29) is 11.3 Å². The van der Waals surface area contributed by atoms with Crippen LogP contribution in [-0.2, 0) is 0 Å². The summed E-state index contributed by atoms with van der Waals surface area (Å²) in [5.74, 6) is -0.460. The first-order valence-electron chi connectivity index (χ1n) is 7.80. The number of para-hydroxylation sites is 2. The van der Waals surface area contributed by atoms with Gasteiger partial charge >= 0.3 is 0 Å². The minimum absolute atomic E-state index is 0.101. The number of anilines is 1. The quantitative estimate of drug-likeness (QED) is 0.767. The summed E-state index contributed by atoms with van der Waals surface area (Å²) in [5.41, 5.74) is 1.46. The Morgan fingerprint density at radius 3 is 2.44 bits per heavy atom. The van der Waals surface area contributed by atoms with Crippen molar-refractivity contribution in [1.29, 1.82) is 0 Å². The number of aliphatic hydroxyl groups excluding tert-OH is 1. The molecule has 2 N–H and O–H groups in total. The lowest BCUT2D eigenvalue weighted by Gasteiger charge is -2.13. The Hall–Kier alpha value is -3.25. The summed E-state index contributed by atoms with van der Waals surface area (Å²) in [7, 11) is 0. The monoisotopic (exact) mass is 335 g/mol. The maximum absolute atomic E-state index is 12.5. The zero-order chi connectivity index (χ0) is 17.8. The SMILES string of the molecule is CC(O)c1ccccc1NC(=O)c1ccc(=O)n(-c2ccccc2)n1. The number of amides is 1. The van der Waals surface area contributed by atoms with Crippen LogP contribution in [-0.4, -0.2) is 20.8 Å². The molecule has 25 heavy (non-hydrogen) atoms. The largest absolute Gasteiger partial charge is 0.389 e. The molecule has 0 fully saturated rings. The number of carbonyl (C=O) groups is 1. The molecule has 2 aromatic carbocycles. The van der Waals surface area contributed by atoms with Gasteiger partial charge in [0.05, 0.1) is 11.8 Å². The van der Waals surface area contributed by atoms with Crippen LogP contribution in [0.2, 0.25) is 0 Å². The topological polar surface area (TPSA) is 84.2 Å². The Morgan fingerprint density at radius 2 is 1.72 bits per heavy atom. The molecule has 1 heterocycles. The molecule has 0 aliphatic rings. The Kier molecular flexibility index (Phi) is 4.72. The highest BCUT2D eigenvalue weighted by molar-refractivity contribution is 6.03. The van der Waals surface area contributed by atoms with Crippen molar-refractivity contribution in [3.63, 3.8) is 0 Å². The number of hydrogen-bond donors (Lipinski definition) is 2. The van der Waals surface area contributed by atoms with Gasteiger partial charge in [0, 0.05) is 17.3 Å². The van der Waals surface area contributed by atoms with Crippen LogP contribution in [0.3, 0.4) is 0 Å². The van der Waals surface area contributed by atoms with Gasteiger partial charge in [-0.3, -0.25) is 9.59 Å². The lowest BCUT2D eigenvalue weighted by molar-refractivity contribution is 0.102. The Labute approximate surface area is 144 Å². The summed E-state index contributed by atoms with van der Waals surface area (Å²) >= 11 is 0. The van der Waals surface area contributed by atoms with E-state index < -0.39 is 12.0 Å². The van der Waals surface area contributed by atoms with E-state index in [0.29, 0.717) is 16.9 Å². The highest BCUT2D eigenvalue weighted by Gasteiger charge is 2.14. The highest BCUT2D eigenvalue weighted by atomic mass is 16.3. The molecule has 0 radical (unpaired) electrons. The predicted molar refractivity (Wildman–Crippen MR) is 94.9 cm³/mol. The van der Waals surface area contributed by atoms with Crippen molar-refractivity contribution in [3.05, 3.63) is 88.3 Å². The molecule has 0 aliphatic heterocycles. The van der Waals surface area contributed by atoms with Crippen LogP contribution < -0.4 is 10.9 Å². The molecule has 0 saturated carbocycles. The van der Waals surface area contributed by atoms with E-state index in [1.165, 1.54) is 16.8 Å². The minimum Gasteiger partial charge on any atom is -0.389 e. The van der Waals surface area contributed by atoms with Crippen LogP contribution >= 0.6 is 0 Å². The van der Waals surface area contributed by atoms with E-state index >= 15 is 0 Å². The first-order valence-corrected chi connectivity index (χ1v) is 7.80. The standard InChI is InChI=1S/C19H17N3O3/c1-13(23)15-9-5-6-10-16(15)20-19(25)17-11-12-18(24)22(21-17)14-7-3-2-4-8-14/h2-13,23H,1H3,(H,20,25). The summed E-state index contributed by atoms with van der Waals surface area (Å²) in [6, 6.07) is 18.5. The average Bonchev–Trinajstić information content (AvgIpc) is 2.63. The van der Waals surface area contributed by atoms with E-state index in [4.69, 9.17) is 0 Å². The normalized spacial score (nSPS) is 11.8. The predicted octanol–water partition coefficient (Wildman–Crippen LogP) is 2.54. The fourth-order valence-electron chi connectivity index (χ4n) is 2.45.